The molecule has 0 heterocycles. The molecule has 0 amide bonds. The summed E-state index contributed by atoms with van der Waals surface area (Å²) in [5.74, 6) is 5.42. The van der Waals surface area contributed by atoms with Crippen molar-refractivity contribution in [2.75, 3.05) is 13.1 Å². The first kappa shape index (κ1) is 13.6. The van der Waals surface area contributed by atoms with Crippen LogP contribution in [-0.2, 0) is 0 Å². The molecule has 92 valence electrons. The van der Waals surface area contributed by atoms with Gasteiger partial charge in [0.25, 0.3) is 0 Å². The summed E-state index contributed by atoms with van der Waals surface area (Å²) in [6, 6.07) is 0. The van der Waals surface area contributed by atoms with Crippen molar-refractivity contribution in [2.45, 2.75) is 52.4 Å². The molecule has 16 heavy (non-hydrogen) atoms. The fraction of sp³-hybridized carbons (Fsp3) is 0.867. The van der Waals surface area contributed by atoms with Crippen LogP contribution in [0.25, 0.3) is 0 Å². The van der Waals surface area contributed by atoms with E-state index in [0.717, 1.165) is 30.7 Å². The van der Waals surface area contributed by atoms with Gasteiger partial charge in [-0.25, -0.2) is 0 Å². The number of nitrogens with one attached hydrogen (secondary N) is 1. The summed E-state index contributed by atoms with van der Waals surface area (Å²) in [6.45, 7) is 6.72. The molecule has 0 spiro atoms. The second kappa shape index (κ2) is 7.74. The molecule has 1 aliphatic rings. The predicted molar refractivity (Wildman–Crippen MR) is 71.2 cm³/mol. The minimum Gasteiger partial charge on any atom is -0.317 e. The van der Waals surface area contributed by atoms with Crippen LogP contribution in [0.4, 0.5) is 0 Å². The van der Waals surface area contributed by atoms with E-state index in [9.17, 15) is 0 Å². The van der Waals surface area contributed by atoms with Gasteiger partial charge in [0.15, 0.2) is 0 Å². The van der Waals surface area contributed by atoms with E-state index in [0.29, 0.717) is 0 Å². The highest BCUT2D eigenvalue weighted by atomic mass is 14.8. The molecule has 0 aromatic carbocycles. The molecule has 3 atom stereocenters. The Hall–Kier alpha value is -0.480. The van der Waals surface area contributed by atoms with E-state index in [4.69, 9.17) is 6.42 Å². The van der Waals surface area contributed by atoms with Crippen LogP contribution in [0.1, 0.15) is 52.4 Å². The molecule has 1 N–H and O–H groups in total. The van der Waals surface area contributed by atoms with Crippen molar-refractivity contribution in [1.29, 1.82) is 0 Å². The zero-order valence-corrected chi connectivity index (χ0v) is 11.0. The van der Waals surface area contributed by atoms with E-state index >= 15 is 0 Å². The van der Waals surface area contributed by atoms with Crippen LogP contribution in [-0.4, -0.2) is 13.1 Å². The van der Waals surface area contributed by atoms with E-state index in [-0.39, 0.29) is 0 Å². The lowest BCUT2D eigenvalue weighted by Crippen LogP contribution is -2.33. The number of rotatable bonds is 6. The summed E-state index contributed by atoms with van der Waals surface area (Å²) < 4.78 is 0. The molecular formula is C15H27N. The Morgan fingerprint density at radius 1 is 1.25 bits per heavy atom. The molecule has 1 nitrogen and oxygen atoms in total. The average molecular weight is 221 g/mol. The highest BCUT2D eigenvalue weighted by molar-refractivity contribution is 4.92. The van der Waals surface area contributed by atoms with Crippen molar-refractivity contribution in [2.24, 2.45) is 17.8 Å². The largest absolute Gasteiger partial charge is 0.317 e. The highest BCUT2D eigenvalue weighted by Crippen LogP contribution is 2.37. The minimum absolute atomic E-state index is 0.773. The van der Waals surface area contributed by atoms with E-state index < -0.39 is 0 Å². The second-order valence-corrected chi connectivity index (χ2v) is 5.20. The van der Waals surface area contributed by atoms with Gasteiger partial charge in [-0.1, -0.05) is 33.1 Å². The van der Waals surface area contributed by atoms with Crippen LogP contribution < -0.4 is 5.32 Å². The molecular weight excluding hydrogens is 194 g/mol. The molecule has 1 aliphatic carbocycles. The maximum absolute atomic E-state index is 5.50. The smallest absolute Gasteiger partial charge is 0.0118 e. The Morgan fingerprint density at radius 3 is 2.69 bits per heavy atom. The molecule has 1 saturated carbocycles. The minimum atomic E-state index is 0.773. The summed E-state index contributed by atoms with van der Waals surface area (Å²) in [6.07, 6.45) is 13.4. The maximum atomic E-state index is 5.50. The normalized spacial score (nSPS) is 29.9. The third-order valence-corrected chi connectivity index (χ3v) is 3.98. The zero-order valence-electron chi connectivity index (χ0n) is 11.0. The van der Waals surface area contributed by atoms with Gasteiger partial charge in [-0.15, -0.1) is 12.3 Å². The maximum Gasteiger partial charge on any atom is 0.0118 e. The Kier molecular flexibility index (Phi) is 6.57. The van der Waals surface area contributed by atoms with Crippen LogP contribution in [0.5, 0.6) is 0 Å². The van der Waals surface area contributed by atoms with Crippen LogP contribution in [0.3, 0.4) is 0 Å². The fourth-order valence-corrected chi connectivity index (χ4v) is 3.09. The van der Waals surface area contributed by atoms with Gasteiger partial charge in [0.05, 0.1) is 0 Å². The van der Waals surface area contributed by atoms with Gasteiger partial charge in [-0.05, 0) is 43.7 Å². The molecule has 0 aromatic rings. The van der Waals surface area contributed by atoms with Gasteiger partial charge in [0.1, 0.15) is 0 Å². The van der Waals surface area contributed by atoms with Gasteiger partial charge in [0.2, 0.25) is 0 Å². The number of hydrogen-bond acceptors (Lipinski definition) is 1. The van der Waals surface area contributed by atoms with Gasteiger partial charge in [-0.2, -0.15) is 0 Å². The summed E-state index contributed by atoms with van der Waals surface area (Å²) in [4.78, 5) is 0. The summed E-state index contributed by atoms with van der Waals surface area (Å²) >= 11 is 0. The Labute approximate surface area is 101 Å². The van der Waals surface area contributed by atoms with Gasteiger partial charge < -0.3 is 5.32 Å². The fourth-order valence-electron chi connectivity index (χ4n) is 3.09. The van der Waals surface area contributed by atoms with E-state index in [1.807, 2.05) is 0 Å². The van der Waals surface area contributed by atoms with Crippen molar-refractivity contribution in [3.63, 3.8) is 0 Å². The average Bonchev–Trinajstić information content (AvgIpc) is 2.29. The monoisotopic (exact) mass is 221 g/mol. The first-order valence-electron chi connectivity index (χ1n) is 6.95. The predicted octanol–water partition coefficient (Wildman–Crippen LogP) is 3.45. The topological polar surface area (TPSA) is 12.0 Å². The summed E-state index contributed by atoms with van der Waals surface area (Å²) in [5.41, 5.74) is 0. The van der Waals surface area contributed by atoms with Crippen LogP contribution in [0.2, 0.25) is 0 Å². The third-order valence-electron chi connectivity index (χ3n) is 3.98. The second-order valence-electron chi connectivity index (χ2n) is 5.20. The standard InChI is InChI=1S/C15H27N/c1-4-7-13-9-10-15(12-16-6-3)14(11-13)8-5-2/h2,13-16H,4,6-12H2,1,3H3. The molecule has 0 bridgehead atoms. The number of hydrogen-bond donors (Lipinski definition) is 1. The first-order chi connectivity index (χ1) is 7.81. The lowest BCUT2D eigenvalue weighted by Gasteiger charge is -2.35. The third kappa shape index (κ3) is 4.18. The van der Waals surface area contributed by atoms with E-state index in [1.165, 1.54) is 38.6 Å². The van der Waals surface area contributed by atoms with Crippen molar-refractivity contribution in [3.05, 3.63) is 0 Å². The van der Waals surface area contributed by atoms with Gasteiger partial charge >= 0.3 is 0 Å². The molecule has 1 rings (SSSR count). The first-order valence-corrected chi connectivity index (χ1v) is 6.95. The Balaban J connectivity index is 2.43. The lowest BCUT2D eigenvalue weighted by molar-refractivity contribution is 0.172. The van der Waals surface area contributed by atoms with Crippen LogP contribution in [0, 0.1) is 30.1 Å². The van der Waals surface area contributed by atoms with Crippen molar-refractivity contribution in [3.8, 4) is 12.3 Å². The molecule has 0 radical (unpaired) electrons. The molecule has 1 fully saturated rings. The Bertz CT molecular complexity index is 216. The van der Waals surface area contributed by atoms with Gasteiger partial charge in [-0.3, -0.25) is 0 Å². The SMILES string of the molecule is C#CCC1CC(CCC)CCC1CNCC. The quantitative estimate of drug-likeness (QED) is 0.677. The molecule has 3 unspecified atom stereocenters. The van der Waals surface area contributed by atoms with Crippen molar-refractivity contribution >= 4 is 0 Å². The molecule has 0 aliphatic heterocycles. The van der Waals surface area contributed by atoms with E-state index in [1.54, 1.807) is 0 Å². The van der Waals surface area contributed by atoms with Crippen molar-refractivity contribution in [1.82, 2.24) is 5.32 Å². The van der Waals surface area contributed by atoms with Crippen LogP contribution in [0.15, 0.2) is 0 Å². The van der Waals surface area contributed by atoms with Crippen molar-refractivity contribution < 1.29 is 0 Å². The number of terminal acetylenes is 1. The summed E-state index contributed by atoms with van der Waals surface area (Å²) in [7, 11) is 0. The molecule has 0 aromatic heterocycles. The summed E-state index contributed by atoms with van der Waals surface area (Å²) in [5, 5.41) is 3.48. The Morgan fingerprint density at radius 2 is 2.06 bits per heavy atom. The van der Waals surface area contributed by atoms with E-state index in [2.05, 4.69) is 25.1 Å². The zero-order chi connectivity index (χ0) is 11.8. The highest BCUT2D eigenvalue weighted by Gasteiger charge is 2.28. The molecule has 0 saturated heterocycles. The van der Waals surface area contributed by atoms with Crippen LogP contribution >= 0.6 is 0 Å². The van der Waals surface area contributed by atoms with Gasteiger partial charge in [0, 0.05) is 6.42 Å². The molecule has 1 heteroatoms. The lowest BCUT2D eigenvalue weighted by atomic mass is 9.71.